The minimum Gasteiger partial charge on any atom is -0.507 e. The van der Waals surface area contributed by atoms with E-state index in [1.807, 2.05) is 0 Å². The molecule has 0 saturated carbocycles. The highest BCUT2D eigenvalue weighted by Crippen LogP contribution is 2.26. The zero-order valence-electron chi connectivity index (χ0n) is 12.0. The van der Waals surface area contributed by atoms with E-state index in [0.29, 0.717) is 0 Å². The van der Waals surface area contributed by atoms with Crippen LogP contribution in [0.5, 0.6) is 11.6 Å². The van der Waals surface area contributed by atoms with E-state index >= 15 is 0 Å². The van der Waals surface area contributed by atoms with Crippen molar-refractivity contribution in [1.82, 2.24) is 9.38 Å². The molecule has 2 aromatic heterocycles. The Morgan fingerprint density at radius 1 is 1.12 bits per heavy atom. The SMILES string of the molecule is O=C(O)c1cc(N=Nc2c(O)nc3ccccn3c2=O)ccc1O. The summed E-state index contributed by atoms with van der Waals surface area (Å²) >= 11 is 0. The summed E-state index contributed by atoms with van der Waals surface area (Å²) in [5, 5.41) is 35.6. The van der Waals surface area contributed by atoms with E-state index in [-0.39, 0.29) is 22.6 Å². The van der Waals surface area contributed by atoms with Gasteiger partial charge in [0, 0.05) is 6.20 Å². The highest BCUT2D eigenvalue weighted by molar-refractivity contribution is 5.91. The van der Waals surface area contributed by atoms with E-state index in [9.17, 15) is 19.8 Å². The fourth-order valence-corrected chi connectivity index (χ4v) is 2.02. The molecule has 0 atom stereocenters. The first-order valence-corrected chi connectivity index (χ1v) is 6.66. The van der Waals surface area contributed by atoms with E-state index in [1.54, 1.807) is 18.2 Å². The van der Waals surface area contributed by atoms with E-state index in [4.69, 9.17) is 5.11 Å². The molecule has 9 nitrogen and oxygen atoms in total. The van der Waals surface area contributed by atoms with E-state index < -0.39 is 23.2 Å². The molecule has 1 aromatic carbocycles. The number of nitrogens with zero attached hydrogens (tertiary/aromatic N) is 4. The summed E-state index contributed by atoms with van der Waals surface area (Å²) in [6.45, 7) is 0. The largest absolute Gasteiger partial charge is 0.507 e. The number of aromatic nitrogens is 2. The van der Waals surface area contributed by atoms with E-state index in [1.165, 1.54) is 16.7 Å². The van der Waals surface area contributed by atoms with Gasteiger partial charge < -0.3 is 15.3 Å². The second kappa shape index (κ2) is 5.80. The van der Waals surface area contributed by atoms with Gasteiger partial charge in [-0.1, -0.05) is 6.07 Å². The number of benzene rings is 1. The van der Waals surface area contributed by atoms with Crippen LogP contribution in [-0.4, -0.2) is 30.7 Å². The molecule has 24 heavy (non-hydrogen) atoms. The zero-order valence-corrected chi connectivity index (χ0v) is 12.0. The Hall–Kier alpha value is -3.75. The third kappa shape index (κ3) is 2.65. The van der Waals surface area contributed by atoms with Crippen LogP contribution in [0.3, 0.4) is 0 Å². The second-order valence-electron chi connectivity index (χ2n) is 4.72. The van der Waals surface area contributed by atoms with Crippen LogP contribution in [0.15, 0.2) is 57.6 Å². The molecule has 0 fully saturated rings. The van der Waals surface area contributed by atoms with Crippen molar-refractivity contribution >= 4 is 23.0 Å². The summed E-state index contributed by atoms with van der Waals surface area (Å²) < 4.78 is 1.19. The van der Waals surface area contributed by atoms with Gasteiger partial charge in [-0.05, 0) is 30.3 Å². The average molecular weight is 326 g/mol. The normalized spacial score (nSPS) is 11.2. The van der Waals surface area contributed by atoms with Gasteiger partial charge in [0.2, 0.25) is 11.6 Å². The summed E-state index contributed by atoms with van der Waals surface area (Å²) in [5.74, 6) is -2.34. The van der Waals surface area contributed by atoms with Crippen LogP contribution in [0.1, 0.15) is 10.4 Å². The standard InChI is InChI=1S/C15H10N4O5/c20-10-5-4-8(7-9(10)15(23)24)17-18-12-13(21)16-11-3-1-2-6-19(11)14(12)22/h1-7,20-21H,(H,23,24). The number of aromatic hydroxyl groups is 2. The Morgan fingerprint density at radius 3 is 2.67 bits per heavy atom. The number of rotatable bonds is 3. The van der Waals surface area contributed by atoms with E-state index in [2.05, 4.69) is 15.2 Å². The molecule has 3 N–H and O–H groups in total. The molecule has 9 heteroatoms. The first-order valence-electron chi connectivity index (χ1n) is 6.66. The summed E-state index contributed by atoms with van der Waals surface area (Å²) in [7, 11) is 0. The van der Waals surface area contributed by atoms with Gasteiger partial charge in [0.15, 0.2) is 0 Å². The Balaban J connectivity index is 2.07. The van der Waals surface area contributed by atoms with Gasteiger partial charge >= 0.3 is 5.97 Å². The number of carboxylic acids is 1. The fourth-order valence-electron chi connectivity index (χ4n) is 2.02. The molecule has 0 aliphatic rings. The predicted octanol–water partition coefficient (Wildman–Crippen LogP) is 2.22. The lowest BCUT2D eigenvalue weighted by molar-refractivity contribution is 0.0693. The predicted molar refractivity (Wildman–Crippen MR) is 82.4 cm³/mol. The van der Waals surface area contributed by atoms with Crippen LogP contribution < -0.4 is 5.56 Å². The Kier molecular flexibility index (Phi) is 3.66. The Morgan fingerprint density at radius 2 is 1.92 bits per heavy atom. The van der Waals surface area contributed by atoms with Gasteiger partial charge in [-0.2, -0.15) is 10.1 Å². The number of azo groups is 1. The van der Waals surface area contributed by atoms with Crippen molar-refractivity contribution in [2.45, 2.75) is 0 Å². The van der Waals surface area contributed by atoms with Gasteiger partial charge in [-0.3, -0.25) is 9.20 Å². The van der Waals surface area contributed by atoms with Gasteiger partial charge in [-0.15, -0.1) is 5.11 Å². The van der Waals surface area contributed by atoms with Crippen molar-refractivity contribution in [3.05, 3.63) is 58.5 Å². The minimum absolute atomic E-state index is 0.0853. The van der Waals surface area contributed by atoms with Crippen LogP contribution in [0.4, 0.5) is 11.4 Å². The smallest absolute Gasteiger partial charge is 0.339 e. The van der Waals surface area contributed by atoms with Crippen LogP contribution in [-0.2, 0) is 0 Å². The van der Waals surface area contributed by atoms with Crippen molar-refractivity contribution < 1.29 is 20.1 Å². The number of carbonyl (C=O) groups is 1. The van der Waals surface area contributed by atoms with Crippen molar-refractivity contribution in [2.75, 3.05) is 0 Å². The maximum Gasteiger partial charge on any atom is 0.339 e. The fraction of sp³-hybridized carbons (Fsp3) is 0. The Bertz CT molecular complexity index is 1040. The van der Waals surface area contributed by atoms with Crippen LogP contribution >= 0.6 is 0 Å². The van der Waals surface area contributed by atoms with Crippen molar-refractivity contribution in [2.24, 2.45) is 10.2 Å². The minimum atomic E-state index is -1.33. The molecule has 0 saturated heterocycles. The number of phenols is 1. The summed E-state index contributed by atoms with van der Waals surface area (Å²) in [4.78, 5) is 27.1. The van der Waals surface area contributed by atoms with Crippen molar-refractivity contribution in [3.63, 3.8) is 0 Å². The summed E-state index contributed by atoms with van der Waals surface area (Å²) in [6.07, 6.45) is 1.46. The van der Waals surface area contributed by atoms with Gasteiger partial charge in [0.25, 0.3) is 5.56 Å². The van der Waals surface area contributed by atoms with Crippen molar-refractivity contribution in [1.29, 1.82) is 0 Å². The van der Waals surface area contributed by atoms with Gasteiger partial charge in [0.1, 0.15) is 17.0 Å². The topological polar surface area (TPSA) is 137 Å². The quantitative estimate of drug-likeness (QED) is 0.631. The molecule has 0 aliphatic heterocycles. The highest BCUT2D eigenvalue weighted by Gasteiger charge is 2.12. The number of fused-ring (bicyclic) bond motifs is 1. The molecule has 0 spiro atoms. The van der Waals surface area contributed by atoms with Crippen LogP contribution in [0.2, 0.25) is 0 Å². The number of pyridine rings is 1. The Labute approximate surface area is 133 Å². The highest BCUT2D eigenvalue weighted by atomic mass is 16.4. The lowest BCUT2D eigenvalue weighted by atomic mass is 10.2. The maximum absolute atomic E-state index is 12.3. The van der Waals surface area contributed by atoms with Crippen LogP contribution in [0, 0.1) is 0 Å². The average Bonchev–Trinajstić information content (AvgIpc) is 2.55. The molecule has 0 unspecified atom stereocenters. The molecule has 0 radical (unpaired) electrons. The molecular formula is C15H10N4O5. The van der Waals surface area contributed by atoms with Gasteiger partial charge in [-0.25, -0.2) is 4.79 Å². The molecule has 3 aromatic rings. The van der Waals surface area contributed by atoms with Crippen molar-refractivity contribution in [3.8, 4) is 11.6 Å². The molecule has 0 aliphatic carbocycles. The molecule has 3 rings (SSSR count). The summed E-state index contributed by atoms with van der Waals surface area (Å²) in [5.41, 5.74) is -1.04. The number of hydrogen-bond acceptors (Lipinski definition) is 7. The third-order valence-electron chi connectivity index (χ3n) is 3.17. The molecule has 0 amide bonds. The summed E-state index contributed by atoms with van der Waals surface area (Å²) in [6, 6.07) is 8.36. The van der Waals surface area contributed by atoms with Crippen LogP contribution in [0.25, 0.3) is 5.65 Å². The lowest BCUT2D eigenvalue weighted by Gasteiger charge is -2.02. The number of hydrogen-bond donors (Lipinski definition) is 3. The third-order valence-corrected chi connectivity index (χ3v) is 3.17. The first-order chi connectivity index (χ1) is 11.5. The molecule has 120 valence electrons. The molecular weight excluding hydrogens is 316 g/mol. The monoisotopic (exact) mass is 326 g/mol. The lowest BCUT2D eigenvalue weighted by Crippen LogP contribution is -2.13. The number of aromatic carboxylic acids is 1. The van der Waals surface area contributed by atoms with Gasteiger partial charge in [0.05, 0.1) is 5.69 Å². The number of carboxylic acid groups (broad SMARTS) is 1. The molecule has 0 bridgehead atoms. The first kappa shape index (κ1) is 15.2. The molecule has 2 heterocycles. The van der Waals surface area contributed by atoms with E-state index in [0.717, 1.165) is 12.1 Å². The zero-order chi connectivity index (χ0) is 17.3. The second-order valence-corrected chi connectivity index (χ2v) is 4.72. The maximum atomic E-state index is 12.3.